The highest BCUT2D eigenvalue weighted by Gasteiger charge is 2.23. The van der Waals surface area contributed by atoms with Crippen LogP contribution in [0.2, 0.25) is 0 Å². The molecule has 2 rings (SSSR count). The van der Waals surface area contributed by atoms with Crippen LogP contribution < -0.4 is 4.72 Å². The van der Waals surface area contributed by atoms with Crippen molar-refractivity contribution in [1.82, 2.24) is 4.72 Å². The second-order valence-electron chi connectivity index (χ2n) is 4.10. The molecule has 2 aromatic rings. The minimum atomic E-state index is -3.65. The summed E-state index contributed by atoms with van der Waals surface area (Å²) in [6, 6.07) is 7.23. The number of hydrogen-bond donors (Lipinski definition) is 2. The Balaban J connectivity index is 2.35. The average Bonchev–Trinajstić information content (AvgIpc) is 2.83. The van der Waals surface area contributed by atoms with E-state index in [2.05, 4.69) is 4.72 Å². The van der Waals surface area contributed by atoms with Crippen molar-refractivity contribution in [2.75, 3.05) is 19.8 Å². The standard InChI is InChI=1S/C13H17NO4S2/c1-2-18-8-7-14-20(16,17)13-10-5-3-4-6-11(10)19-12(13)9-15/h3-6,14-15H,2,7-9H2,1H3. The van der Waals surface area contributed by atoms with Crippen LogP contribution in [0.25, 0.3) is 10.1 Å². The quantitative estimate of drug-likeness (QED) is 0.763. The molecule has 0 fully saturated rings. The lowest BCUT2D eigenvalue weighted by molar-refractivity contribution is 0.153. The van der Waals surface area contributed by atoms with Gasteiger partial charge in [-0.15, -0.1) is 11.3 Å². The summed E-state index contributed by atoms with van der Waals surface area (Å²) < 4.78 is 33.2. The lowest BCUT2D eigenvalue weighted by atomic mass is 10.2. The molecule has 2 N–H and O–H groups in total. The first-order chi connectivity index (χ1) is 9.60. The van der Waals surface area contributed by atoms with Crippen molar-refractivity contribution in [3.05, 3.63) is 29.1 Å². The van der Waals surface area contributed by atoms with Gasteiger partial charge in [-0.25, -0.2) is 13.1 Å². The molecule has 0 spiro atoms. The second kappa shape index (κ2) is 6.64. The molecule has 0 aliphatic heterocycles. The summed E-state index contributed by atoms with van der Waals surface area (Å²) in [5, 5.41) is 10.0. The van der Waals surface area contributed by atoms with E-state index in [4.69, 9.17) is 4.74 Å². The van der Waals surface area contributed by atoms with E-state index in [-0.39, 0.29) is 18.0 Å². The molecule has 1 aromatic heterocycles. The SMILES string of the molecule is CCOCCNS(=O)(=O)c1c(CO)sc2ccccc12. The molecule has 0 radical (unpaired) electrons. The first-order valence-corrected chi connectivity index (χ1v) is 8.58. The minimum Gasteiger partial charge on any atom is -0.391 e. The van der Waals surface area contributed by atoms with Gasteiger partial charge in [0.1, 0.15) is 4.90 Å². The van der Waals surface area contributed by atoms with E-state index in [1.54, 1.807) is 12.1 Å². The van der Waals surface area contributed by atoms with Gasteiger partial charge in [-0.1, -0.05) is 18.2 Å². The molecule has 0 unspecified atom stereocenters. The topological polar surface area (TPSA) is 75.6 Å². The Kier molecular flexibility index (Phi) is 5.11. The summed E-state index contributed by atoms with van der Waals surface area (Å²) >= 11 is 1.29. The van der Waals surface area contributed by atoms with Crippen molar-refractivity contribution in [3.8, 4) is 0 Å². The van der Waals surface area contributed by atoms with E-state index in [0.717, 1.165) is 4.70 Å². The normalized spacial score (nSPS) is 12.1. The highest BCUT2D eigenvalue weighted by molar-refractivity contribution is 7.90. The summed E-state index contributed by atoms with van der Waals surface area (Å²) in [5.41, 5.74) is 0. The van der Waals surface area contributed by atoms with Crippen LogP contribution in [0.1, 0.15) is 11.8 Å². The van der Waals surface area contributed by atoms with Crippen LogP contribution in [0, 0.1) is 0 Å². The van der Waals surface area contributed by atoms with Gasteiger partial charge in [0.05, 0.1) is 18.1 Å². The van der Waals surface area contributed by atoms with E-state index >= 15 is 0 Å². The fourth-order valence-electron chi connectivity index (χ4n) is 1.94. The number of aliphatic hydroxyl groups is 1. The smallest absolute Gasteiger partial charge is 0.242 e. The summed E-state index contributed by atoms with van der Waals surface area (Å²) in [6.45, 7) is 2.65. The highest BCUT2D eigenvalue weighted by Crippen LogP contribution is 2.34. The first kappa shape index (κ1) is 15.4. The third kappa shape index (κ3) is 3.18. The highest BCUT2D eigenvalue weighted by atomic mass is 32.2. The van der Waals surface area contributed by atoms with E-state index in [0.29, 0.717) is 23.5 Å². The van der Waals surface area contributed by atoms with Crippen LogP contribution in [0.4, 0.5) is 0 Å². The van der Waals surface area contributed by atoms with Crippen molar-refractivity contribution in [2.45, 2.75) is 18.4 Å². The molecule has 0 amide bonds. The van der Waals surface area contributed by atoms with Crippen molar-refractivity contribution in [1.29, 1.82) is 0 Å². The largest absolute Gasteiger partial charge is 0.391 e. The molecule has 1 aromatic carbocycles. The second-order valence-corrected chi connectivity index (χ2v) is 6.94. The van der Waals surface area contributed by atoms with Gasteiger partial charge in [0.25, 0.3) is 0 Å². The monoisotopic (exact) mass is 315 g/mol. The van der Waals surface area contributed by atoms with Gasteiger partial charge in [0.15, 0.2) is 0 Å². The van der Waals surface area contributed by atoms with E-state index in [1.165, 1.54) is 11.3 Å². The maximum Gasteiger partial charge on any atom is 0.242 e. The molecule has 110 valence electrons. The van der Waals surface area contributed by atoms with Crippen molar-refractivity contribution in [2.24, 2.45) is 0 Å². The Hall–Kier alpha value is -0.990. The zero-order valence-corrected chi connectivity index (χ0v) is 12.8. The summed E-state index contributed by atoms with van der Waals surface area (Å²) in [6.07, 6.45) is 0. The van der Waals surface area contributed by atoms with Gasteiger partial charge in [0.2, 0.25) is 10.0 Å². The number of hydrogen-bond acceptors (Lipinski definition) is 5. The molecule has 20 heavy (non-hydrogen) atoms. The third-order valence-electron chi connectivity index (χ3n) is 2.77. The summed E-state index contributed by atoms with van der Waals surface area (Å²) in [5.74, 6) is 0. The fraction of sp³-hybridized carbons (Fsp3) is 0.385. The fourth-order valence-corrected chi connectivity index (χ4v) is 4.74. The Morgan fingerprint density at radius 3 is 2.80 bits per heavy atom. The molecule has 0 aliphatic carbocycles. The molecular formula is C13H17NO4S2. The molecular weight excluding hydrogens is 298 g/mol. The van der Waals surface area contributed by atoms with Gasteiger partial charge in [-0.2, -0.15) is 0 Å². The van der Waals surface area contributed by atoms with Crippen LogP contribution in [-0.4, -0.2) is 33.3 Å². The van der Waals surface area contributed by atoms with Crippen LogP contribution in [0.5, 0.6) is 0 Å². The summed E-state index contributed by atoms with van der Waals surface area (Å²) in [4.78, 5) is 0.632. The Morgan fingerprint density at radius 2 is 2.10 bits per heavy atom. The molecule has 0 atom stereocenters. The maximum absolute atomic E-state index is 12.4. The van der Waals surface area contributed by atoms with Gasteiger partial charge in [0, 0.05) is 23.2 Å². The maximum atomic E-state index is 12.4. The molecule has 0 saturated heterocycles. The van der Waals surface area contributed by atoms with Crippen LogP contribution in [0.15, 0.2) is 29.2 Å². The zero-order valence-electron chi connectivity index (χ0n) is 11.1. The molecule has 0 saturated carbocycles. The van der Waals surface area contributed by atoms with Crippen LogP contribution in [0.3, 0.4) is 0 Å². The van der Waals surface area contributed by atoms with Gasteiger partial charge < -0.3 is 9.84 Å². The molecule has 1 heterocycles. The van der Waals surface area contributed by atoms with Gasteiger partial charge >= 0.3 is 0 Å². The van der Waals surface area contributed by atoms with Crippen molar-refractivity contribution in [3.63, 3.8) is 0 Å². The lowest BCUT2D eigenvalue weighted by Gasteiger charge is -2.07. The average molecular weight is 315 g/mol. The Labute approximate surface area is 122 Å². The third-order valence-corrected chi connectivity index (χ3v) is 5.65. The molecule has 0 bridgehead atoms. The van der Waals surface area contributed by atoms with E-state index < -0.39 is 10.0 Å². The number of ether oxygens (including phenoxy) is 1. The molecule has 0 aliphatic rings. The number of rotatable bonds is 7. The molecule has 5 nitrogen and oxygen atoms in total. The van der Waals surface area contributed by atoms with Gasteiger partial charge in [-0.05, 0) is 13.0 Å². The predicted octanol–water partition coefficient (Wildman–Crippen LogP) is 1.71. The minimum absolute atomic E-state index is 0.178. The van der Waals surface area contributed by atoms with Crippen molar-refractivity contribution >= 4 is 31.4 Å². The Bertz CT molecular complexity index is 679. The van der Waals surface area contributed by atoms with Gasteiger partial charge in [-0.3, -0.25) is 0 Å². The number of sulfonamides is 1. The summed E-state index contributed by atoms with van der Waals surface area (Å²) in [7, 11) is -3.65. The molecule has 7 heteroatoms. The van der Waals surface area contributed by atoms with E-state index in [9.17, 15) is 13.5 Å². The van der Waals surface area contributed by atoms with Crippen LogP contribution in [-0.2, 0) is 21.4 Å². The lowest BCUT2D eigenvalue weighted by Crippen LogP contribution is -2.28. The number of benzene rings is 1. The van der Waals surface area contributed by atoms with Crippen LogP contribution >= 0.6 is 11.3 Å². The first-order valence-electron chi connectivity index (χ1n) is 6.28. The number of fused-ring (bicyclic) bond motifs is 1. The predicted molar refractivity (Wildman–Crippen MR) is 79.4 cm³/mol. The Morgan fingerprint density at radius 1 is 1.35 bits per heavy atom. The number of aliphatic hydroxyl groups excluding tert-OH is 1. The van der Waals surface area contributed by atoms with Crippen molar-refractivity contribution < 1.29 is 18.3 Å². The number of thiophene rings is 1. The zero-order chi connectivity index (χ0) is 14.6. The number of nitrogens with one attached hydrogen (secondary N) is 1. The van der Waals surface area contributed by atoms with E-state index in [1.807, 2.05) is 19.1 Å².